The smallest absolute Gasteiger partial charge is 0.311 e. The maximum Gasteiger partial charge on any atom is 0.311 e. The molecule has 0 aliphatic carbocycles. The molecule has 0 spiro atoms. The Labute approximate surface area is 142 Å². The van der Waals surface area contributed by atoms with Crippen molar-refractivity contribution in [2.45, 2.75) is 13.0 Å². The normalized spacial score (nSPS) is 16.5. The van der Waals surface area contributed by atoms with Gasteiger partial charge in [-0.2, -0.15) is 0 Å². The number of nitrogens with one attached hydrogen (secondary N) is 1. The van der Waals surface area contributed by atoms with E-state index < -0.39 is 11.8 Å². The molecule has 0 saturated carbocycles. The number of hydrogen-bond acceptors (Lipinski definition) is 5. The summed E-state index contributed by atoms with van der Waals surface area (Å²) in [5.74, 6) is -0.345. The van der Waals surface area contributed by atoms with Crippen LogP contribution in [0.3, 0.4) is 0 Å². The van der Waals surface area contributed by atoms with Gasteiger partial charge in [-0.1, -0.05) is 12.1 Å². The van der Waals surface area contributed by atoms with Crippen LogP contribution >= 0.6 is 0 Å². The molecule has 1 fully saturated rings. The van der Waals surface area contributed by atoms with Crippen LogP contribution in [0.2, 0.25) is 0 Å². The summed E-state index contributed by atoms with van der Waals surface area (Å²) in [7, 11) is 1.60. The number of aliphatic hydroxyl groups is 1. The van der Waals surface area contributed by atoms with Gasteiger partial charge in [0.2, 0.25) is 0 Å². The highest BCUT2D eigenvalue weighted by Gasteiger charge is 2.26. The topological polar surface area (TPSA) is 82.1 Å². The fourth-order valence-electron chi connectivity index (χ4n) is 2.69. The van der Waals surface area contributed by atoms with Crippen molar-refractivity contribution in [3.05, 3.63) is 29.8 Å². The maximum absolute atomic E-state index is 12.3. The van der Waals surface area contributed by atoms with Crippen LogP contribution in [0, 0.1) is 0 Å². The van der Waals surface area contributed by atoms with Gasteiger partial charge in [0, 0.05) is 32.7 Å². The summed E-state index contributed by atoms with van der Waals surface area (Å²) < 4.78 is 5.11. The molecule has 1 heterocycles. The third-order valence-corrected chi connectivity index (χ3v) is 4.23. The minimum absolute atomic E-state index is 0.105. The van der Waals surface area contributed by atoms with Crippen molar-refractivity contribution in [3.8, 4) is 5.75 Å². The van der Waals surface area contributed by atoms with Crippen LogP contribution in [0.25, 0.3) is 0 Å². The lowest BCUT2D eigenvalue weighted by molar-refractivity contribution is -0.147. The molecule has 1 saturated heterocycles. The zero-order chi connectivity index (χ0) is 17.5. The van der Waals surface area contributed by atoms with Crippen LogP contribution in [0.1, 0.15) is 18.5 Å². The van der Waals surface area contributed by atoms with Crippen molar-refractivity contribution in [1.82, 2.24) is 15.1 Å². The second-order valence-corrected chi connectivity index (χ2v) is 5.83. The minimum atomic E-state index is -0.589. The molecule has 1 unspecified atom stereocenters. The highest BCUT2D eigenvalue weighted by Crippen LogP contribution is 2.17. The number of hydrogen-bond donors (Lipinski definition) is 2. The SMILES string of the molecule is COc1ccc(C(C)NC(=O)C(=O)N2CCN(CCO)CC2)cc1. The van der Waals surface area contributed by atoms with Gasteiger partial charge in [-0.3, -0.25) is 14.5 Å². The van der Waals surface area contributed by atoms with E-state index in [2.05, 4.69) is 10.2 Å². The van der Waals surface area contributed by atoms with E-state index in [0.717, 1.165) is 11.3 Å². The van der Waals surface area contributed by atoms with E-state index in [1.165, 1.54) is 0 Å². The Bertz CT molecular complexity index is 553. The van der Waals surface area contributed by atoms with E-state index in [9.17, 15) is 9.59 Å². The van der Waals surface area contributed by atoms with Gasteiger partial charge in [0.15, 0.2) is 0 Å². The largest absolute Gasteiger partial charge is 0.497 e. The summed E-state index contributed by atoms with van der Waals surface area (Å²) in [5, 5.41) is 11.7. The molecule has 132 valence electrons. The highest BCUT2D eigenvalue weighted by molar-refractivity contribution is 6.35. The Morgan fingerprint density at radius 2 is 1.83 bits per heavy atom. The molecule has 1 aromatic rings. The standard InChI is InChI=1S/C17H25N3O4/c1-13(14-3-5-15(24-2)6-4-14)18-16(22)17(23)20-9-7-19(8-10-20)11-12-21/h3-6,13,21H,7-12H2,1-2H3,(H,18,22). The Kier molecular flexibility index (Phi) is 6.57. The Balaban J connectivity index is 1.85. The average Bonchev–Trinajstić information content (AvgIpc) is 2.62. The minimum Gasteiger partial charge on any atom is -0.497 e. The number of ether oxygens (including phenoxy) is 1. The van der Waals surface area contributed by atoms with Crippen molar-refractivity contribution in [1.29, 1.82) is 0 Å². The van der Waals surface area contributed by atoms with Gasteiger partial charge in [-0.15, -0.1) is 0 Å². The lowest BCUT2D eigenvalue weighted by atomic mass is 10.1. The number of carbonyl (C=O) groups is 2. The first-order chi connectivity index (χ1) is 11.5. The number of amides is 2. The molecule has 1 aliphatic heterocycles. The van der Waals surface area contributed by atoms with Crippen molar-refractivity contribution in [2.24, 2.45) is 0 Å². The summed E-state index contributed by atoms with van der Waals surface area (Å²) in [5.41, 5.74) is 0.907. The molecule has 0 radical (unpaired) electrons. The van der Waals surface area contributed by atoms with Gasteiger partial charge >= 0.3 is 11.8 Å². The van der Waals surface area contributed by atoms with Crippen molar-refractivity contribution < 1.29 is 19.4 Å². The predicted molar refractivity (Wildman–Crippen MR) is 89.7 cm³/mol. The van der Waals surface area contributed by atoms with Crippen LogP contribution < -0.4 is 10.1 Å². The van der Waals surface area contributed by atoms with Gasteiger partial charge in [0.1, 0.15) is 5.75 Å². The number of aliphatic hydroxyl groups excluding tert-OH is 1. The van der Waals surface area contributed by atoms with E-state index in [1.54, 1.807) is 12.0 Å². The molecule has 0 bridgehead atoms. The second-order valence-electron chi connectivity index (χ2n) is 5.83. The van der Waals surface area contributed by atoms with Gasteiger partial charge in [-0.25, -0.2) is 0 Å². The second kappa shape index (κ2) is 8.65. The molecule has 7 nitrogen and oxygen atoms in total. The van der Waals surface area contributed by atoms with E-state index in [-0.39, 0.29) is 12.6 Å². The van der Waals surface area contributed by atoms with Crippen LogP contribution in [0.15, 0.2) is 24.3 Å². The summed E-state index contributed by atoms with van der Waals surface area (Å²) >= 11 is 0. The number of piperazine rings is 1. The molecule has 7 heteroatoms. The number of methoxy groups -OCH3 is 1. The summed E-state index contributed by atoms with van der Waals surface area (Å²) in [6, 6.07) is 7.10. The van der Waals surface area contributed by atoms with Crippen molar-refractivity contribution in [3.63, 3.8) is 0 Å². The van der Waals surface area contributed by atoms with E-state index in [1.807, 2.05) is 31.2 Å². The lowest BCUT2D eigenvalue weighted by Crippen LogP contribution is -2.53. The average molecular weight is 335 g/mol. The van der Waals surface area contributed by atoms with Crippen LogP contribution in [0.4, 0.5) is 0 Å². The van der Waals surface area contributed by atoms with Crippen molar-refractivity contribution >= 4 is 11.8 Å². The van der Waals surface area contributed by atoms with E-state index in [4.69, 9.17) is 9.84 Å². The maximum atomic E-state index is 12.3. The molecule has 0 aromatic heterocycles. The molecule has 1 aliphatic rings. The summed E-state index contributed by atoms with van der Waals surface area (Å²) in [6.07, 6.45) is 0. The summed E-state index contributed by atoms with van der Waals surface area (Å²) in [4.78, 5) is 28.1. The highest BCUT2D eigenvalue weighted by atomic mass is 16.5. The first-order valence-electron chi connectivity index (χ1n) is 8.12. The zero-order valence-corrected chi connectivity index (χ0v) is 14.2. The monoisotopic (exact) mass is 335 g/mol. The zero-order valence-electron chi connectivity index (χ0n) is 14.2. The van der Waals surface area contributed by atoms with Crippen molar-refractivity contribution in [2.75, 3.05) is 46.4 Å². The Hall–Kier alpha value is -2.12. The number of β-amino-alcohol motifs (C(OH)–C–C–N with tert-alkyl or cyclic N) is 1. The Morgan fingerprint density at radius 3 is 2.38 bits per heavy atom. The van der Waals surface area contributed by atoms with Crippen LogP contribution in [-0.4, -0.2) is 73.2 Å². The Morgan fingerprint density at radius 1 is 1.21 bits per heavy atom. The molecule has 2 rings (SSSR count). The molecular weight excluding hydrogens is 310 g/mol. The lowest BCUT2D eigenvalue weighted by Gasteiger charge is -2.34. The molecule has 1 atom stereocenters. The van der Waals surface area contributed by atoms with E-state index >= 15 is 0 Å². The number of rotatable bonds is 5. The fourth-order valence-corrected chi connectivity index (χ4v) is 2.69. The molecular formula is C17H25N3O4. The predicted octanol–water partition coefficient (Wildman–Crippen LogP) is 0.00890. The van der Waals surface area contributed by atoms with Gasteiger partial charge in [0.05, 0.1) is 19.8 Å². The molecule has 2 amide bonds. The molecule has 2 N–H and O–H groups in total. The number of benzene rings is 1. The molecule has 24 heavy (non-hydrogen) atoms. The quantitative estimate of drug-likeness (QED) is 0.741. The summed E-state index contributed by atoms with van der Waals surface area (Å²) in [6.45, 7) is 4.90. The van der Waals surface area contributed by atoms with Gasteiger partial charge in [0.25, 0.3) is 0 Å². The van der Waals surface area contributed by atoms with Crippen LogP contribution in [-0.2, 0) is 9.59 Å². The number of carbonyl (C=O) groups excluding carboxylic acids is 2. The van der Waals surface area contributed by atoms with Gasteiger partial charge < -0.3 is 20.1 Å². The number of nitrogens with zero attached hydrogens (tertiary/aromatic N) is 2. The van der Waals surface area contributed by atoms with Crippen LogP contribution in [0.5, 0.6) is 5.75 Å². The van der Waals surface area contributed by atoms with E-state index in [0.29, 0.717) is 32.7 Å². The first kappa shape index (κ1) is 18.2. The fraction of sp³-hybridized carbons (Fsp3) is 0.529. The third-order valence-electron chi connectivity index (χ3n) is 4.23. The third kappa shape index (κ3) is 4.69. The van der Waals surface area contributed by atoms with Gasteiger partial charge in [-0.05, 0) is 24.6 Å². The first-order valence-corrected chi connectivity index (χ1v) is 8.12. The molecule has 1 aromatic carbocycles.